The summed E-state index contributed by atoms with van der Waals surface area (Å²) in [7, 11) is 1.92. The minimum atomic E-state index is 0.0996. The quantitative estimate of drug-likeness (QED) is 0.809. The highest BCUT2D eigenvalue weighted by Crippen LogP contribution is 2.32. The molecule has 2 fully saturated rings. The minimum absolute atomic E-state index is 0.0996. The Hall–Kier alpha value is -1.66. The first-order valence-corrected chi connectivity index (χ1v) is 9.52. The van der Waals surface area contributed by atoms with Gasteiger partial charge < -0.3 is 9.64 Å². The Morgan fingerprint density at radius 1 is 1.42 bits per heavy atom. The average Bonchev–Trinajstić information content (AvgIpc) is 2.98. The van der Waals surface area contributed by atoms with E-state index in [2.05, 4.69) is 5.10 Å². The molecule has 0 bridgehead atoms. The van der Waals surface area contributed by atoms with Gasteiger partial charge in [-0.05, 0) is 48.6 Å². The summed E-state index contributed by atoms with van der Waals surface area (Å²) in [4.78, 5) is 15.7. The summed E-state index contributed by atoms with van der Waals surface area (Å²) in [5, 5.41) is 6.22. The number of aryl methyl sites for hydroxylation is 1. The number of rotatable bonds is 6. The summed E-state index contributed by atoms with van der Waals surface area (Å²) >= 11 is 1.51. The largest absolute Gasteiger partial charge is 0.376 e. The summed E-state index contributed by atoms with van der Waals surface area (Å²) in [5.41, 5.74) is 1.16. The number of likely N-dealkylation sites (tertiary alicyclic amines) is 1. The molecule has 6 heteroatoms. The highest BCUT2D eigenvalue weighted by atomic mass is 32.1. The van der Waals surface area contributed by atoms with E-state index in [0.29, 0.717) is 0 Å². The van der Waals surface area contributed by atoms with E-state index in [1.807, 2.05) is 46.5 Å². The Labute approximate surface area is 146 Å². The maximum atomic E-state index is 12.9. The molecule has 0 unspecified atom stereocenters. The number of ether oxygens (including phenoxy) is 1. The van der Waals surface area contributed by atoms with Crippen LogP contribution < -0.4 is 0 Å². The molecule has 2 aromatic heterocycles. The highest BCUT2D eigenvalue weighted by Gasteiger charge is 2.39. The van der Waals surface area contributed by atoms with Crippen LogP contribution in [0.15, 0.2) is 29.9 Å². The van der Waals surface area contributed by atoms with E-state index in [1.54, 1.807) is 0 Å². The van der Waals surface area contributed by atoms with Gasteiger partial charge in [0.2, 0.25) is 0 Å². The Balaban J connectivity index is 1.51. The van der Waals surface area contributed by atoms with Crippen molar-refractivity contribution in [1.29, 1.82) is 0 Å². The van der Waals surface area contributed by atoms with E-state index in [4.69, 9.17) is 4.74 Å². The fourth-order valence-electron chi connectivity index (χ4n) is 3.42. The molecule has 1 amide bonds. The first-order chi connectivity index (χ1) is 11.7. The van der Waals surface area contributed by atoms with Gasteiger partial charge in [0.1, 0.15) is 0 Å². The van der Waals surface area contributed by atoms with Crippen LogP contribution in [0.5, 0.6) is 0 Å². The standard InChI is InChI=1S/C18H23N3O2S/c1-20-11-14(10-19-20)9-15-16(23-12-13-4-5-13)6-7-21(15)18(22)17-3-2-8-24-17/h2-3,8,10-11,13,15-16H,4-7,9,12H2,1H3/t15-,16-/m1/s1. The van der Waals surface area contributed by atoms with Crippen molar-refractivity contribution in [1.82, 2.24) is 14.7 Å². The number of carbonyl (C=O) groups is 1. The van der Waals surface area contributed by atoms with Gasteiger partial charge in [-0.15, -0.1) is 11.3 Å². The molecule has 1 aliphatic heterocycles. The van der Waals surface area contributed by atoms with E-state index in [1.165, 1.54) is 24.2 Å². The SMILES string of the molecule is Cn1cc(C[C@@H]2[C@H](OCC3CC3)CCN2C(=O)c2cccs2)cn1. The number of thiophene rings is 1. The van der Waals surface area contributed by atoms with Crippen LogP contribution >= 0.6 is 11.3 Å². The Bertz CT molecular complexity index is 693. The third-order valence-corrected chi connectivity index (χ3v) is 5.78. The van der Waals surface area contributed by atoms with Gasteiger partial charge in [-0.1, -0.05) is 6.07 Å². The molecule has 2 atom stereocenters. The van der Waals surface area contributed by atoms with Crippen molar-refractivity contribution in [2.75, 3.05) is 13.2 Å². The fourth-order valence-corrected chi connectivity index (χ4v) is 4.10. The van der Waals surface area contributed by atoms with Crippen molar-refractivity contribution in [2.24, 2.45) is 13.0 Å². The molecule has 3 heterocycles. The summed E-state index contributed by atoms with van der Waals surface area (Å²) in [6, 6.07) is 3.94. The Morgan fingerprint density at radius 3 is 2.96 bits per heavy atom. The van der Waals surface area contributed by atoms with Gasteiger partial charge in [-0.2, -0.15) is 5.10 Å². The van der Waals surface area contributed by atoms with Crippen molar-refractivity contribution in [3.63, 3.8) is 0 Å². The normalized spacial score (nSPS) is 23.8. The van der Waals surface area contributed by atoms with Crippen molar-refractivity contribution in [2.45, 2.75) is 37.8 Å². The molecule has 24 heavy (non-hydrogen) atoms. The average molecular weight is 345 g/mol. The molecular formula is C18H23N3O2S. The number of carbonyl (C=O) groups excluding carboxylic acids is 1. The predicted octanol–water partition coefficient (Wildman–Crippen LogP) is 2.73. The van der Waals surface area contributed by atoms with Crippen LogP contribution in [0.4, 0.5) is 0 Å². The number of hydrogen-bond acceptors (Lipinski definition) is 4. The summed E-state index contributed by atoms with van der Waals surface area (Å²) < 4.78 is 8.01. The van der Waals surface area contributed by atoms with Crippen molar-refractivity contribution in [3.8, 4) is 0 Å². The topological polar surface area (TPSA) is 47.4 Å². The molecule has 0 aromatic carbocycles. The number of aromatic nitrogens is 2. The Kier molecular flexibility index (Phi) is 4.41. The third kappa shape index (κ3) is 3.39. The van der Waals surface area contributed by atoms with Gasteiger partial charge in [0.15, 0.2) is 0 Å². The van der Waals surface area contributed by atoms with Crippen LogP contribution in [-0.4, -0.2) is 45.9 Å². The van der Waals surface area contributed by atoms with Gasteiger partial charge in [0.05, 0.1) is 23.2 Å². The molecule has 1 saturated carbocycles. The van der Waals surface area contributed by atoms with Gasteiger partial charge in [0.25, 0.3) is 5.91 Å². The molecule has 1 saturated heterocycles. The van der Waals surface area contributed by atoms with E-state index in [0.717, 1.165) is 42.4 Å². The lowest BCUT2D eigenvalue weighted by molar-refractivity contribution is 0.0201. The summed E-state index contributed by atoms with van der Waals surface area (Å²) in [6.07, 6.45) is 8.37. The molecule has 128 valence electrons. The van der Waals surface area contributed by atoms with Crippen LogP contribution in [0.25, 0.3) is 0 Å². The second-order valence-electron chi connectivity index (χ2n) is 6.87. The second-order valence-corrected chi connectivity index (χ2v) is 7.82. The van der Waals surface area contributed by atoms with Gasteiger partial charge in [-0.25, -0.2) is 0 Å². The van der Waals surface area contributed by atoms with E-state index in [-0.39, 0.29) is 18.1 Å². The van der Waals surface area contributed by atoms with Crippen molar-refractivity contribution in [3.05, 3.63) is 40.3 Å². The zero-order chi connectivity index (χ0) is 16.5. The molecule has 5 nitrogen and oxygen atoms in total. The van der Waals surface area contributed by atoms with E-state index < -0.39 is 0 Å². The molecular weight excluding hydrogens is 322 g/mol. The first kappa shape index (κ1) is 15.8. The monoisotopic (exact) mass is 345 g/mol. The predicted molar refractivity (Wildman–Crippen MR) is 93.1 cm³/mol. The molecule has 2 aliphatic rings. The van der Waals surface area contributed by atoms with Gasteiger partial charge in [0, 0.05) is 26.4 Å². The lowest BCUT2D eigenvalue weighted by Gasteiger charge is -2.27. The molecule has 0 spiro atoms. The summed E-state index contributed by atoms with van der Waals surface area (Å²) in [6.45, 7) is 1.62. The van der Waals surface area contributed by atoms with Gasteiger partial charge in [-0.3, -0.25) is 9.48 Å². The van der Waals surface area contributed by atoms with Crippen molar-refractivity contribution < 1.29 is 9.53 Å². The Morgan fingerprint density at radius 2 is 2.29 bits per heavy atom. The lowest BCUT2D eigenvalue weighted by Crippen LogP contribution is -2.41. The third-order valence-electron chi connectivity index (χ3n) is 4.92. The molecule has 4 rings (SSSR count). The number of hydrogen-bond donors (Lipinski definition) is 0. The maximum Gasteiger partial charge on any atom is 0.264 e. The number of amides is 1. The zero-order valence-corrected chi connectivity index (χ0v) is 14.7. The van der Waals surface area contributed by atoms with E-state index in [9.17, 15) is 4.79 Å². The van der Waals surface area contributed by atoms with Crippen LogP contribution in [-0.2, 0) is 18.2 Å². The molecule has 1 aliphatic carbocycles. The maximum absolute atomic E-state index is 12.9. The number of nitrogens with zero attached hydrogens (tertiary/aromatic N) is 3. The van der Waals surface area contributed by atoms with Crippen LogP contribution in [0.3, 0.4) is 0 Å². The van der Waals surface area contributed by atoms with Crippen LogP contribution in [0, 0.1) is 5.92 Å². The molecule has 0 radical (unpaired) electrons. The first-order valence-electron chi connectivity index (χ1n) is 8.64. The summed E-state index contributed by atoms with van der Waals surface area (Å²) in [5.74, 6) is 0.877. The van der Waals surface area contributed by atoms with Crippen LogP contribution in [0.2, 0.25) is 0 Å². The lowest BCUT2D eigenvalue weighted by atomic mass is 10.0. The minimum Gasteiger partial charge on any atom is -0.376 e. The van der Waals surface area contributed by atoms with Crippen LogP contribution in [0.1, 0.15) is 34.5 Å². The van der Waals surface area contributed by atoms with E-state index >= 15 is 0 Å². The van der Waals surface area contributed by atoms with Crippen molar-refractivity contribution >= 4 is 17.2 Å². The zero-order valence-electron chi connectivity index (χ0n) is 13.9. The van der Waals surface area contributed by atoms with Gasteiger partial charge >= 0.3 is 0 Å². The molecule has 2 aromatic rings. The highest BCUT2D eigenvalue weighted by molar-refractivity contribution is 7.12. The smallest absolute Gasteiger partial charge is 0.264 e. The molecule has 0 N–H and O–H groups in total. The second kappa shape index (κ2) is 6.69. The fraction of sp³-hybridized carbons (Fsp3) is 0.556.